The van der Waals surface area contributed by atoms with Gasteiger partial charge in [0.1, 0.15) is 0 Å². The average Bonchev–Trinajstić information content (AvgIpc) is 3.69. The molecule has 0 radical (unpaired) electrons. The molecular formula is C51H97NO8Si. The number of cyclic esters (lactones) is 2. The van der Waals surface area contributed by atoms with Crippen molar-refractivity contribution in [2.24, 2.45) is 46.3 Å². The fourth-order valence-electron chi connectivity index (χ4n) is 10.8. The van der Waals surface area contributed by atoms with E-state index in [1.807, 2.05) is 20.8 Å². The number of nitrogens with zero attached hydrogens (tertiary/aromatic N) is 1. The zero-order chi connectivity index (χ0) is 46.1. The lowest BCUT2D eigenvalue weighted by molar-refractivity contribution is -0.154. The fraction of sp³-hybridized carbons (Fsp3) is 0.922. The molecule has 0 bridgehead atoms. The Hall–Kier alpha value is -1.62. The van der Waals surface area contributed by atoms with Gasteiger partial charge in [0, 0.05) is 38.8 Å². The number of likely N-dealkylation sites (tertiary alicyclic amines) is 1. The second kappa shape index (κ2) is 30.5. The van der Waals surface area contributed by atoms with E-state index >= 15 is 0 Å². The van der Waals surface area contributed by atoms with E-state index in [1.54, 1.807) is 0 Å². The molecule has 2 saturated heterocycles. The number of hydrogen-bond donors (Lipinski definition) is 0. The topological polar surface area (TPSA) is 108 Å². The van der Waals surface area contributed by atoms with E-state index in [9.17, 15) is 19.2 Å². The van der Waals surface area contributed by atoms with Crippen molar-refractivity contribution in [1.82, 2.24) is 4.90 Å². The first-order valence-electron chi connectivity index (χ1n) is 25.4. The summed E-state index contributed by atoms with van der Waals surface area (Å²) in [5, 5.41) is 0. The van der Waals surface area contributed by atoms with E-state index < -0.39 is 8.80 Å². The number of ether oxygens (including phenoxy) is 1. The van der Waals surface area contributed by atoms with Crippen molar-refractivity contribution >= 4 is 32.6 Å². The summed E-state index contributed by atoms with van der Waals surface area (Å²) in [4.78, 5) is 52.3. The number of carbonyl (C=O) groups is 4. The maximum absolute atomic E-state index is 13.8. The minimum atomic E-state index is -2.79. The molecule has 0 spiro atoms. The van der Waals surface area contributed by atoms with Crippen LogP contribution in [0.2, 0.25) is 6.04 Å². The highest BCUT2D eigenvalue weighted by Gasteiger charge is 2.50. The van der Waals surface area contributed by atoms with Crippen LogP contribution < -0.4 is 0 Å². The second-order valence-electron chi connectivity index (χ2n) is 20.1. The van der Waals surface area contributed by atoms with Gasteiger partial charge in [0.05, 0.1) is 18.3 Å². The zero-order valence-corrected chi connectivity index (χ0v) is 43.1. The number of amides is 2. The van der Waals surface area contributed by atoms with Crippen LogP contribution in [0.4, 0.5) is 0 Å². The van der Waals surface area contributed by atoms with Crippen LogP contribution in [-0.4, -0.2) is 63.8 Å². The van der Waals surface area contributed by atoms with Crippen LogP contribution in [0.25, 0.3) is 0 Å². The summed E-state index contributed by atoms with van der Waals surface area (Å²) >= 11 is 0. The summed E-state index contributed by atoms with van der Waals surface area (Å²) in [6.07, 6.45) is 22.5. The summed E-state index contributed by atoms with van der Waals surface area (Å²) in [5.41, 5.74) is -0.275. The van der Waals surface area contributed by atoms with Gasteiger partial charge >= 0.3 is 20.7 Å². The van der Waals surface area contributed by atoms with Crippen LogP contribution in [0, 0.1) is 46.3 Å². The minimum Gasteiger partial charge on any atom is -0.393 e. The Morgan fingerprint density at radius 1 is 0.574 bits per heavy atom. The summed E-state index contributed by atoms with van der Waals surface area (Å²) in [7, 11) is -2.79. The van der Waals surface area contributed by atoms with Gasteiger partial charge in [-0.3, -0.25) is 24.1 Å². The normalized spacial score (nSPS) is 21.1. The molecule has 2 heterocycles. The molecule has 2 fully saturated rings. The molecule has 9 nitrogen and oxygen atoms in total. The Morgan fingerprint density at radius 2 is 0.967 bits per heavy atom. The Labute approximate surface area is 377 Å². The molecule has 2 amide bonds. The highest BCUT2D eigenvalue weighted by Crippen LogP contribution is 2.48. The lowest BCUT2D eigenvalue weighted by Crippen LogP contribution is -2.46. The van der Waals surface area contributed by atoms with Gasteiger partial charge in [-0.05, 0) is 87.4 Å². The van der Waals surface area contributed by atoms with Crippen molar-refractivity contribution < 1.29 is 37.2 Å². The lowest BCUT2D eigenvalue weighted by Gasteiger charge is -2.39. The third-order valence-electron chi connectivity index (χ3n) is 13.7. The van der Waals surface area contributed by atoms with Gasteiger partial charge in [0.25, 0.3) is 0 Å². The van der Waals surface area contributed by atoms with Gasteiger partial charge in [0.15, 0.2) is 0 Å². The zero-order valence-electron chi connectivity index (χ0n) is 42.1. The molecule has 2 aliphatic heterocycles. The smallest absolute Gasteiger partial charge is 0.393 e. The summed E-state index contributed by atoms with van der Waals surface area (Å²) in [6, 6.07) is 0.615. The van der Waals surface area contributed by atoms with Crippen LogP contribution in [-0.2, 0) is 37.2 Å². The summed E-state index contributed by atoms with van der Waals surface area (Å²) < 4.78 is 22.8. The Bertz CT molecular complexity index is 1230. The Kier molecular flexibility index (Phi) is 28.7. The maximum atomic E-state index is 13.8. The maximum Gasteiger partial charge on any atom is 0.500 e. The van der Waals surface area contributed by atoms with E-state index in [-0.39, 0.29) is 52.8 Å². The highest BCUT2D eigenvalue weighted by molar-refractivity contribution is 6.60. The van der Waals surface area contributed by atoms with Crippen LogP contribution >= 0.6 is 0 Å². The lowest BCUT2D eigenvalue weighted by atomic mass is 9.65. The van der Waals surface area contributed by atoms with Crippen LogP contribution in [0.5, 0.6) is 0 Å². The summed E-state index contributed by atoms with van der Waals surface area (Å²) in [5.74, 6) is 1.21. The van der Waals surface area contributed by atoms with Crippen LogP contribution in [0.1, 0.15) is 225 Å². The number of esters is 2. The van der Waals surface area contributed by atoms with Crippen LogP contribution in [0.15, 0.2) is 0 Å². The largest absolute Gasteiger partial charge is 0.500 e. The first-order valence-corrected chi connectivity index (χ1v) is 27.4. The summed E-state index contributed by atoms with van der Waals surface area (Å²) in [6.45, 7) is 30.5. The molecule has 10 heteroatoms. The number of hydrogen-bond acceptors (Lipinski definition) is 8. The molecular weight excluding hydrogens is 783 g/mol. The van der Waals surface area contributed by atoms with Gasteiger partial charge in [-0.15, -0.1) is 0 Å². The van der Waals surface area contributed by atoms with Gasteiger partial charge in [-0.1, -0.05) is 159 Å². The quantitative estimate of drug-likeness (QED) is 0.0207. The monoisotopic (exact) mass is 880 g/mol. The molecule has 61 heavy (non-hydrogen) atoms. The standard InChI is InChI=1S/C30H59NO5Si.C21H38O3/c1-9-14-16-19-26(7)24-30(8,23-25(6)18-15-10-2)27-22-28(32)31(29(27)33)20-17-21-37(34-11-3,35-12-4)36-13-5;1-6-8-10-12-17(4)15-21(5,14-16(3)11-9-7-2)18-13-19(22)24-20(18)23/h25-27H,9-24H2,1-8H3;16-18H,6-15H2,1-5H3. The Morgan fingerprint density at radius 3 is 1.33 bits per heavy atom. The molecule has 8 atom stereocenters. The minimum absolute atomic E-state index is 0.0161. The molecule has 0 aromatic carbocycles. The molecule has 8 unspecified atom stereocenters. The molecule has 2 rings (SSSR count). The predicted octanol–water partition coefficient (Wildman–Crippen LogP) is 13.5. The van der Waals surface area contributed by atoms with Crippen molar-refractivity contribution in [3.63, 3.8) is 0 Å². The molecule has 0 aliphatic carbocycles. The SMILES string of the molecule is CCCCCC(C)CC(C)(CC(C)CCCC)C1CC(=O)N(CCC[Si](OCC)(OCC)OCC)C1=O.CCCCCC(C)CC(C)(CC(C)CCCC)C1CC(=O)OC1=O. The average molecular weight is 880 g/mol. The molecule has 0 saturated carbocycles. The van der Waals surface area contributed by atoms with Crippen molar-refractivity contribution in [2.45, 2.75) is 231 Å². The van der Waals surface area contributed by atoms with Crippen molar-refractivity contribution in [2.75, 3.05) is 26.4 Å². The van der Waals surface area contributed by atoms with Gasteiger partial charge < -0.3 is 18.0 Å². The van der Waals surface area contributed by atoms with E-state index in [1.165, 1.54) is 94.8 Å². The van der Waals surface area contributed by atoms with Crippen LogP contribution in [0.3, 0.4) is 0 Å². The number of unbranched alkanes of at least 4 members (excludes halogenated alkanes) is 6. The van der Waals surface area contributed by atoms with E-state index in [2.05, 4.69) is 69.2 Å². The fourth-order valence-corrected chi connectivity index (χ4v) is 13.4. The van der Waals surface area contributed by atoms with E-state index in [0.29, 0.717) is 68.9 Å². The third kappa shape index (κ3) is 20.4. The third-order valence-corrected chi connectivity index (χ3v) is 16.9. The number of carbonyl (C=O) groups excluding carboxylic acids is 4. The van der Waals surface area contributed by atoms with Gasteiger partial charge in [-0.2, -0.15) is 0 Å². The molecule has 358 valence electrons. The first-order chi connectivity index (χ1) is 28.9. The first kappa shape index (κ1) is 57.4. The van der Waals surface area contributed by atoms with Crippen molar-refractivity contribution in [1.29, 1.82) is 0 Å². The molecule has 2 aliphatic rings. The van der Waals surface area contributed by atoms with Crippen molar-refractivity contribution in [3.8, 4) is 0 Å². The van der Waals surface area contributed by atoms with E-state index in [4.69, 9.17) is 18.0 Å². The van der Waals surface area contributed by atoms with Crippen molar-refractivity contribution in [3.05, 3.63) is 0 Å². The van der Waals surface area contributed by atoms with Gasteiger partial charge in [0.2, 0.25) is 11.8 Å². The number of rotatable bonds is 34. The molecule has 0 aromatic rings. The number of imide groups is 1. The Balaban J connectivity index is 0.000000668. The predicted molar refractivity (Wildman–Crippen MR) is 253 cm³/mol. The van der Waals surface area contributed by atoms with Gasteiger partial charge in [-0.25, -0.2) is 0 Å². The second-order valence-corrected chi connectivity index (χ2v) is 22.8. The molecule has 0 N–H and O–H groups in total. The highest BCUT2D eigenvalue weighted by atomic mass is 28.4. The van der Waals surface area contributed by atoms with E-state index in [0.717, 1.165) is 25.7 Å². The molecule has 0 aromatic heterocycles.